The molecule has 0 bridgehead atoms. The van der Waals surface area contributed by atoms with Gasteiger partial charge in [-0.25, -0.2) is 4.98 Å². The van der Waals surface area contributed by atoms with E-state index in [1.807, 2.05) is 23.7 Å². The van der Waals surface area contributed by atoms with Gasteiger partial charge in [-0.2, -0.15) is 0 Å². The lowest BCUT2D eigenvalue weighted by atomic mass is 9.97. The van der Waals surface area contributed by atoms with Crippen molar-refractivity contribution in [2.45, 2.75) is 25.8 Å². The predicted octanol–water partition coefficient (Wildman–Crippen LogP) is 4.97. The summed E-state index contributed by atoms with van der Waals surface area (Å²) in [7, 11) is 2.24. The molecule has 1 aromatic carbocycles. The van der Waals surface area contributed by atoms with Gasteiger partial charge in [0.1, 0.15) is 0 Å². The largest absolute Gasteiger partial charge is 0.303 e. The summed E-state index contributed by atoms with van der Waals surface area (Å²) in [6.45, 7) is 5.65. The molecule has 0 spiro atoms. The van der Waals surface area contributed by atoms with Crippen molar-refractivity contribution < 1.29 is 0 Å². The fraction of sp³-hybridized carbons (Fsp3) is 0.435. The summed E-state index contributed by atoms with van der Waals surface area (Å²) >= 11 is 7.68. The molecule has 2 aromatic heterocycles. The van der Waals surface area contributed by atoms with E-state index in [9.17, 15) is 0 Å². The second-order valence-electron chi connectivity index (χ2n) is 8.07. The molecule has 1 aliphatic rings. The van der Waals surface area contributed by atoms with Gasteiger partial charge in [-0.1, -0.05) is 23.7 Å². The number of aromatic nitrogens is 2. The number of hydrogen-bond donors (Lipinski definition) is 0. The molecule has 6 heteroatoms. The summed E-state index contributed by atoms with van der Waals surface area (Å²) in [5, 5.41) is 3.89. The van der Waals surface area contributed by atoms with E-state index >= 15 is 0 Å². The molecule has 0 aliphatic carbocycles. The molecule has 1 aliphatic heterocycles. The van der Waals surface area contributed by atoms with E-state index in [4.69, 9.17) is 11.6 Å². The molecule has 1 atom stereocenters. The smallest absolute Gasteiger partial charge is 0.193 e. The number of benzene rings is 1. The van der Waals surface area contributed by atoms with Gasteiger partial charge in [0, 0.05) is 54.7 Å². The Kier molecular flexibility index (Phi) is 7.03. The highest BCUT2D eigenvalue weighted by molar-refractivity contribution is 7.12. The molecule has 0 unspecified atom stereocenters. The summed E-state index contributed by atoms with van der Waals surface area (Å²) in [6.07, 6.45) is 7.71. The first kappa shape index (κ1) is 20.6. The van der Waals surface area contributed by atoms with E-state index in [0.29, 0.717) is 0 Å². The first-order valence-corrected chi connectivity index (χ1v) is 11.6. The van der Waals surface area contributed by atoms with Crippen LogP contribution in [-0.2, 0) is 13.0 Å². The van der Waals surface area contributed by atoms with Crippen LogP contribution in [-0.4, -0.2) is 52.6 Å². The topological polar surface area (TPSA) is 24.3 Å². The number of halogens is 1. The summed E-state index contributed by atoms with van der Waals surface area (Å²) in [6, 6.07) is 12.6. The van der Waals surface area contributed by atoms with Crippen molar-refractivity contribution in [3.63, 3.8) is 0 Å². The monoisotopic (exact) mass is 428 g/mol. The van der Waals surface area contributed by atoms with E-state index in [1.165, 1.54) is 37.2 Å². The minimum Gasteiger partial charge on any atom is -0.303 e. The minimum atomic E-state index is 0.738. The second-order valence-corrected chi connectivity index (χ2v) is 9.38. The summed E-state index contributed by atoms with van der Waals surface area (Å²) in [4.78, 5) is 9.55. The van der Waals surface area contributed by atoms with Crippen LogP contribution in [0.25, 0.3) is 5.13 Å². The molecular formula is C23H29ClN4S. The van der Waals surface area contributed by atoms with Crippen molar-refractivity contribution in [3.8, 4) is 5.13 Å². The summed E-state index contributed by atoms with van der Waals surface area (Å²) in [5.74, 6) is 0.738. The van der Waals surface area contributed by atoms with E-state index < -0.39 is 0 Å². The molecule has 0 N–H and O–H groups in total. The van der Waals surface area contributed by atoms with Crippen LogP contribution >= 0.6 is 22.9 Å². The lowest BCUT2D eigenvalue weighted by Crippen LogP contribution is -2.40. The lowest BCUT2D eigenvalue weighted by Gasteiger charge is -2.34. The van der Waals surface area contributed by atoms with Crippen molar-refractivity contribution in [2.24, 2.45) is 5.92 Å². The Hall–Kier alpha value is -1.66. The van der Waals surface area contributed by atoms with Gasteiger partial charge < -0.3 is 9.80 Å². The van der Waals surface area contributed by atoms with Crippen LogP contribution in [0.15, 0.2) is 54.2 Å². The summed E-state index contributed by atoms with van der Waals surface area (Å²) < 4.78 is 2.21. The van der Waals surface area contributed by atoms with Crippen LogP contribution in [0.1, 0.15) is 24.1 Å². The minimum absolute atomic E-state index is 0.738. The number of thiazole rings is 1. The third-order valence-corrected chi connectivity index (χ3v) is 6.72. The van der Waals surface area contributed by atoms with Gasteiger partial charge >= 0.3 is 0 Å². The van der Waals surface area contributed by atoms with Gasteiger partial charge in [-0.3, -0.25) is 4.57 Å². The highest BCUT2D eigenvalue weighted by Crippen LogP contribution is 2.20. The van der Waals surface area contributed by atoms with Gasteiger partial charge in [0.2, 0.25) is 0 Å². The molecule has 0 amide bonds. The Morgan fingerprint density at radius 1 is 1.24 bits per heavy atom. The Morgan fingerprint density at radius 2 is 2.10 bits per heavy atom. The number of hydrogen-bond acceptors (Lipinski definition) is 4. The van der Waals surface area contributed by atoms with Gasteiger partial charge in [0.15, 0.2) is 5.13 Å². The van der Waals surface area contributed by atoms with Crippen molar-refractivity contribution in [3.05, 3.63) is 70.5 Å². The average molecular weight is 429 g/mol. The molecule has 0 saturated carbocycles. The standard InChI is InChI=1S/C23H29ClN4S/c1-26(18-22-5-3-13-28(22)23-25-11-15-29-23)16-20-4-2-12-27(17-20)14-10-19-6-8-21(24)9-7-19/h3,5-9,11,13,15,20H,2,4,10,12,14,16-18H2,1H3/t20-/m1/s1. The number of nitrogens with zero attached hydrogens (tertiary/aromatic N) is 4. The van der Waals surface area contributed by atoms with Crippen LogP contribution < -0.4 is 0 Å². The maximum Gasteiger partial charge on any atom is 0.193 e. The van der Waals surface area contributed by atoms with Gasteiger partial charge in [-0.05, 0) is 68.6 Å². The van der Waals surface area contributed by atoms with Crippen molar-refractivity contribution in [1.29, 1.82) is 0 Å². The van der Waals surface area contributed by atoms with Crippen LogP contribution in [0.5, 0.6) is 0 Å². The van der Waals surface area contributed by atoms with Crippen molar-refractivity contribution in [2.75, 3.05) is 33.2 Å². The normalized spacial score (nSPS) is 17.8. The van der Waals surface area contributed by atoms with E-state index in [2.05, 4.69) is 56.9 Å². The number of piperidine rings is 1. The van der Waals surface area contributed by atoms with E-state index in [0.717, 1.165) is 42.1 Å². The highest BCUT2D eigenvalue weighted by Gasteiger charge is 2.21. The maximum atomic E-state index is 6.00. The van der Waals surface area contributed by atoms with Crippen LogP contribution in [0.3, 0.4) is 0 Å². The van der Waals surface area contributed by atoms with Crippen LogP contribution in [0, 0.1) is 5.92 Å². The molecule has 1 saturated heterocycles. The summed E-state index contributed by atoms with van der Waals surface area (Å²) in [5.41, 5.74) is 2.68. The third kappa shape index (κ3) is 5.70. The first-order chi connectivity index (χ1) is 14.2. The molecule has 0 radical (unpaired) electrons. The molecule has 154 valence electrons. The molecule has 3 heterocycles. The number of rotatable bonds is 8. The quantitative estimate of drug-likeness (QED) is 0.506. The van der Waals surface area contributed by atoms with Crippen LogP contribution in [0.4, 0.5) is 0 Å². The fourth-order valence-electron chi connectivity index (χ4n) is 4.29. The van der Waals surface area contributed by atoms with Gasteiger partial charge in [0.25, 0.3) is 0 Å². The third-order valence-electron chi connectivity index (χ3n) is 5.69. The maximum absolute atomic E-state index is 6.00. The lowest BCUT2D eigenvalue weighted by molar-refractivity contribution is 0.141. The average Bonchev–Trinajstić information content (AvgIpc) is 3.39. The molecule has 1 fully saturated rings. The van der Waals surface area contributed by atoms with Crippen LogP contribution in [0.2, 0.25) is 5.02 Å². The second kappa shape index (κ2) is 9.90. The van der Waals surface area contributed by atoms with Gasteiger partial charge in [-0.15, -0.1) is 11.3 Å². The zero-order chi connectivity index (χ0) is 20.1. The SMILES string of the molecule is CN(Cc1cccn1-c1nccs1)C[C@H]1CCCN(CCc2ccc(Cl)cc2)C1. The number of likely N-dealkylation sites (tertiary alicyclic amines) is 1. The van der Waals surface area contributed by atoms with Gasteiger partial charge in [0.05, 0.1) is 0 Å². The zero-order valence-electron chi connectivity index (χ0n) is 17.0. The molecule has 29 heavy (non-hydrogen) atoms. The molecule has 4 nitrogen and oxygen atoms in total. The van der Waals surface area contributed by atoms with Crippen molar-refractivity contribution >= 4 is 22.9 Å². The van der Waals surface area contributed by atoms with Crippen molar-refractivity contribution in [1.82, 2.24) is 19.4 Å². The predicted molar refractivity (Wildman–Crippen MR) is 122 cm³/mol. The fourth-order valence-corrected chi connectivity index (χ4v) is 5.07. The Labute approximate surface area is 182 Å². The molecular weight excluding hydrogens is 400 g/mol. The molecule has 3 aromatic rings. The highest BCUT2D eigenvalue weighted by atomic mass is 35.5. The first-order valence-electron chi connectivity index (χ1n) is 10.4. The Bertz CT molecular complexity index is 875. The zero-order valence-corrected chi connectivity index (χ0v) is 18.6. The Balaban J connectivity index is 1.27. The Morgan fingerprint density at radius 3 is 2.90 bits per heavy atom. The molecule has 4 rings (SSSR count). The van der Waals surface area contributed by atoms with E-state index in [1.54, 1.807) is 11.3 Å². The van der Waals surface area contributed by atoms with E-state index in [-0.39, 0.29) is 0 Å².